The summed E-state index contributed by atoms with van der Waals surface area (Å²) in [5.41, 5.74) is 7.47. The van der Waals surface area contributed by atoms with Crippen LogP contribution < -0.4 is 5.73 Å². The first-order chi connectivity index (χ1) is 7.27. The average Bonchev–Trinajstić information content (AvgIpc) is 2.66. The lowest BCUT2D eigenvalue weighted by atomic mass is 10.1. The van der Waals surface area contributed by atoms with E-state index in [1.54, 1.807) is 0 Å². The summed E-state index contributed by atoms with van der Waals surface area (Å²) in [4.78, 5) is 2.40. The lowest BCUT2D eigenvalue weighted by molar-refractivity contribution is 0.220. The van der Waals surface area contributed by atoms with Crippen molar-refractivity contribution < 1.29 is 0 Å². The largest absolute Gasteiger partial charge is 0.326 e. The van der Waals surface area contributed by atoms with Gasteiger partial charge in [0.1, 0.15) is 0 Å². The number of hydrogen-bond donors (Lipinski definition) is 1. The molecule has 1 aromatic carbocycles. The maximum atomic E-state index is 6.09. The smallest absolute Gasteiger partial charge is 0.0247 e. The van der Waals surface area contributed by atoms with E-state index in [0.717, 1.165) is 6.54 Å². The molecule has 1 saturated carbocycles. The maximum absolute atomic E-state index is 6.09. The van der Waals surface area contributed by atoms with Gasteiger partial charge in [-0.15, -0.1) is 0 Å². The molecule has 2 atom stereocenters. The standard InChI is InChI=1S/C13H20N2/c1-15(13-9-5-8-12(13)14)10-11-6-3-2-4-7-11/h2-4,6-7,12-13H,5,8-10,14H2,1H3. The van der Waals surface area contributed by atoms with E-state index in [2.05, 4.69) is 42.3 Å². The van der Waals surface area contributed by atoms with Crippen LogP contribution in [0.15, 0.2) is 30.3 Å². The van der Waals surface area contributed by atoms with Gasteiger partial charge in [-0.1, -0.05) is 36.8 Å². The third-order valence-corrected chi connectivity index (χ3v) is 3.37. The molecule has 1 aliphatic rings. The van der Waals surface area contributed by atoms with E-state index >= 15 is 0 Å². The molecule has 2 unspecified atom stereocenters. The van der Waals surface area contributed by atoms with Gasteiger partial charge in [-0.3, -0.25) is 4.90 Å². The van der Waals surface area contributed by atoms with Crippen molar-refractivity contribution in [1.82, 2.24) is 4.90 Å². The van der Waals surface area contributed by atoms with Crippen LogP contribution in [-0.4, -0.2) is 24.0 Å². The summed E-state index contributed by atoms with van der Waals surface area (Å²) in [6.45, 7) is 1.01. The zero-order chi connectivity index (χ0) is 10.7. The lowest BCUT2D eigenvalue weighted by Gasteiger charge is -2.27. The number of likely N-dealkylation sites (N-methyl/N-ethyl adjacent to an activating group) is 1. The predicted molar refractivity (Wildman–Crippen MR) is 63.5 cm³/mol. The van der Waals surface area contributed by atoms with E-state index in [1.165, 1.54) is 24.8 Å². The Kier molecular flexibility index (Phi) is 3.39. The van der Waals surface area contributed by atoms with Crippen LogP contribution in [0.2, 0.25) is 0 Å². The summed E-state index contributed by atoms with van der Waals surface area (Å²) in [6.07, 6.45) is 3.72. The molecule has 1 fully saturated rings. The average molecular weight is 204 g/mol. The van der Waals surface area contributed by atoms with Crippen molar-refractivity contribution in [1.29, 1.82) is 0 Å². The van der Waals surface area contributed by atoms with Crippen molar-refractivity contribution in [3.63, 3.8) is 0 Å². The summed E-state index contributed by atoms with van der Waals surface area (Å²) in [5.74, 6) is 0. The Balaban J connectivity index is 1.94. The second-order valence-corrected chi connectivity index (χ2v) is 4.56. The van der Waals surface area contributed by atoms with E-state index in [1.807, 2.05) is 0 Å². The summed E-state index contributed by atoms with van der Waals surface area (Å²) >= 11 is 0. The fraction of sp³-hybridized carbons (Fsp3) is 0.538. The van der Waals surface area contributed by atoms with Gasteiger partial charge in [0.25, 0.3) is 0 Å². The van der Waals surface area contributed by atoms with Crippen LogP contribution in [0.4, 0.5) is 0 Å². The topological polar surface area (TPSA) is 29.3 Å². The molecule has 0 spiro atoms. The third kappa shape index (κ3) is 2.58. The first kappa shape index (κ1) is 10.7. The minimum atomic E-state index is 0.374. The van der Waals surface area contributed by atoms with Gasteiger partial charge in [-0.05, 0) is 25.5 Å². The summed E-state index contributed by atoms with van der Waals surface area (Å²) < 4.78 is 0. The Morgan fingerprint density at radius 2 is 2.00 bits per heavy atom. The molecule has 2 nitrogen and oxygen atoms in total. The molecule has 82 valence electrons. The van der Waals surface area contributed by atoms with E-state index in [9.17, 15) is 0 Å². The Hall–Kier alpha value is -0.860. The molecule has 0 aromatic heterocycles. The van der Waals surface area contributed by atoms with Crippen molar-refractivity contribution in [3.05, 3.63) is 35.9 Å². The molecule has 1 aromatic rings. The number of hydrogen-bond acceptors (Lipinski definition) is 2. The monoisotopic (exact) mass is 204 g/mol. The molecule has 0 amide bonds. The first-order valence-corrected chi connectivity index (χ1v) is 5.77. The molecule has 0 saturated heterocycles. The Labute approximate surface area is 92.1 Å². The third-order valence-electron chi connectivity index (χ3n) is 3.37. The van der Waals surface area contributed by atoms with Crippen LogP contribution in [0.1, 0.15) is 24.8 Å². The van der Waals surface area contributed by atoms with E-state index in [-0.39, 0.29) is 0 Å². The maximum Gasteiger partial charge on any atom is 0.0247 e. The SMILES string of the molecule is CN(Cc1ccccc1)C1CCCC1N. The second kappa shape index (κ2) is 4.77. The molecule has 2 N–H and O–H groups in total. The van der Waals surface area contributed by atoms with Gasteiger partial charge in [0, 0.05) is 18.6 Å². The molecular weight excluding hydrogens is 184 g/mol. The number of nitrogens with two attached hydrogens (primary N) is 1. The van der Waals surface area contributed by atoms with Gasteiger partial charge in [0.15, 0.2) is 0 Å². The van der Waals surface area contributed by atoms with Gasteiger partial charge in [-0.2, -0.15) is 0 Å². The molecule has 1 aliphatic carbocycles. The lowest BCUT2D eigenvalue weighted by Crippen LogP contribution is -2.41. The van der Waals surface area contributed by atoms with Crippen LogP contribution in [0.5, 0.6) is 0 Å². The van der Waals surface area contributed by atoms with Gasteiger partial charge in [-0.25, -0.2) is 0 Å². The van der Waals surface area contributed by atoms with Crippen LogP contribution in [0, 0.1) is 0 Å². The van der Waals surface area contributed by atoms with Crippen LogP contribution in [0.25, 0.3) is 0 Å². The quantitative estimate of drug-likeness (QED) is 0.816. The molecule has 0 bridgehead atoms. The molecule has 15 heavy (non-hydrogen) atoms. The number of nitrogens with zero attached hydrogens (tertiary/aromatic N) is 1. The van der Waals surface area contributed by atoms with Crippen LogP contribution in [-0.2, 0) is 6.54 Å². The molecular formula is C13H20N2. The highest BCUT2D eigenvalue weighted by molar-refractivity contribution is 5.14. The van der Waals surface area contributed by atoms with Crippen LogP contribution >= 0.6 is 0 Å². The molecule has 2 rings (SSSR count). The van der Waals surface area contributed by atoms with Crippen molar-refractivity contribution >= 4 is 0 Å². The Bertz CT molecular complexity index is 297. The molecule has 0 heterocycles. The molecule has 0 aliphatic heterocycles. The fourth-order valence-electron chi connectivity index (χ4n) is 2.51. The first-order valence-electron chi connectivity index (χ1n) is 5.77. The van der Waals surface area contributed by atoms with Gasteiger partial charge < -0.3 is 5.73 Å². The van der Waals surface area contributed by atoms with E-state index in [0.29, 0.717) is 12.1 Å². The van der Waals surface area contributed by atoms with Crippen molar-refractivity contribution in [3.8, 4) is 0 Å². The highest BCUT2D eigenvalue weighted by Crippen LogP contribution is 2.22. The second-order valence-electron chi connectivity index (χ2n) is 4.56. The van der Waals surface area contributed by atoms with Gasteiger partial charge >= 0.3 is 0 Å². The fourth-order valence-corrected chi connectivity index (χ4v) is 2.51. The Morgan fingerprint density at radius 3 is 2.60 bits per heavy atom. The highest BCUT2D eigenvalue weighted by Gasteiger charge is 2.27. The predicted octanol–water partition coefficient (Wildman–Crippen LogP) is 2.00. The van der Waals surface area contributed by atoms with E-state index < -0.39 is 0 Å². The zero-order valence-corrected chi connectivity index (χ0v) is 9.39. The van der Waals surface area contributed by atoms with Gasteiger partial charge in [0.05, 0.1) is 0 Å². The van der Waals surface area contributed by atoms with Crippen molar-refractivity contribution in [2.24, 2.45) is 5.73 Å². The number of rotatable bonds is 3. The molecule has 2 heteroatoms. The minimum absolute atomic E-state index is 0.374. The van der Waals surface area contributed by atoms with Crippen LogP contribution in [0.3, 0.4) is 0 Å². The zero-order valence-electron chi connectivity index (χ0n) is 9.39. The highest BCUT2D eigenvalue weighted by atomic mass is 15.1. The summed E-state index contributed by atoms with van der Waals surface area (Å²) in [6, 6.07) is 11.6. The van der Waals surface area contributed by atoms with Gasteiger partial charge in [0.2, 0.25) is 0 Å². The van der Waals surface area contributed by atoms with Crippen molar-refractivity contribution in [2.45, 2.75) is 37.9 Å². The van der Waals surface area contributed by atoms with E-state index in [4.69, 9.17) is 5.73 Å². The summed E-state index contributed by atoms with van der Waals surface area (Å²) in [5, 5.41) is 0. The summed E-state index contributed by atoms with van der Waals surface area (Å²) in [7, 11) is 2.18. The normalized spacial score (nSPS) is 26.1. The molecule has 0 radical (unpaired) electrons. The number of benzene rings is 1. The Morgan fingerprint density at radius 1 is 1.27 bits per heavy atom. The minimum Gasteiger partial charge on any atom is -0.326 e. The van der Waals surface area contributed by atoms with Crippen molar-refractivity contribution in [2.75, 3.05) is 7.05 Å².